The number of nitrogens with one attached hydrogen (secondary N) is 1. The minimum Gasteiger partial charge on any atom is -0.379 e. The molecule has 1 aliphatic heterocycles. The fraction of sp³-hybridized carbons (Fsp3) is 0.500. The maximum atomic E-state index is 13.1. The van der Waals surface area contributed by atoms with Gasteiger partial charge in [-0.3, -0.25) is 14.7 Å². The predicted octanol–water partition coefficient (Wildman–Crippen LogP) is 1.61. The van der Waals surface area contributed by atoms with Gasteiger partial charge in [-0.05, 0) is 32.4 Å². The van der Waals surface area contributed by atoms with Gasteiger partial charge in [0.1, 0.15) is 0 Å². The van der Waals surface area contributed by atoms with Gasteiger partial charge in [0.05, 0.1) is 23.4 Å². The Bertz CT molecular complexity index is 1110. The third-order valence-corrected chi connectivity index (χ3v) is 8.25. The van der Waals surface area contributed by atoms with Crippen molar-refractivity contribution in [2.24, 2.45) is 5.73 Å². The number of primary amides is 1. The number of carbonyl (C=O) groups is 2. The first-order valence-electron chi connectivity index (χ1n) is 10.5. The molecule has 13 heteroatoms. The van der Waals surface area contributed by atoms with Crippen LogP contribution < -0.4 is 11.1 Å². The minimum atomic E-state index is -3.67. The van der Waals surface area contributed by atoms with Crippen molar-refractivity contribution < 1.29 is 22.7 Å². The zero-order chi connectivity index (χ0) is 24.2. The lowest BCUT2D eigenvalue weighted by Gasteiger charge is -2.26. The van der Waals surface area contributed by atoms with E-state index in [0.29, 0.717) is 42.8 Å². The summed E-state index contributed by atoms with van der Waals surface area (Å²) >= 11 is 1.14. The van der Waals surface area contributed by atoms with E-state index in [-0.39, 0.29) is 10.9 Å². The summed E-state index contributed by atoms with van der Waals surface area (Å²) in [5, 5.41) is 10.4. The third kappa shape index (κ3) is 5.72. The van der Waals surface area contributed by atoms with Gasteiger partial charge in [0, 0.05) is 24.7 Å². The van der Waals surface area contributed by atoms with E-state index in [1.807, 2.05) is 18.4 Å². The molecule has 180 valence electrons. The molecule has 1 fully saturated rings. The van der Waals surface area contributed by atoms with Crippen molar-refractivity contribution in [3.05, 3.63) is 24.3 Å². The summed E-state index contributed by atoms with van der Waals surface area (Å²) in [7, 11) is -3.67. The molecule has 0 spiro atoms. The summed E-state index contributed by atoms with van der Waals surface area (Å²) in [6.45, 7) is 6.97. The molecule has 11 nitrogen and oxygen atoms in total. The van der Waals surface area contributed by atoms with Gasteiger partial charge in [0.25, 0.3) is 0 Å². The lowest BCUT2D eigenvalue weighted by Crippen LogP contribution is -2.40. The molecule has 1 aliphatic rings. The highest BCUT2D eigenvalue weighted by molar-refractivity contribution is 8.00. The number of nitrogens with two attached hydrogens (primary N) is 1. The quantitative estimate of drug-likeness (QED) is 0.524. The Balaban J connectivity index is 1.95. The average molecular weight is 497 g/mol. The average Bonchev–Trinajstić information content (AvgIpc) is 3.22. The van der Waals surface area contributed by atoms with Crippen molar-refractivity contribution in [1.29, 1.82) is 0 Å². The monoisotopic (exact) mass is 496 g/mol. The molecular weight excluding hydrogens is 468 g/mol. The topological polar surface area (TPSA) is 150 Å². The number of rotatable bonds is 8. The Hall–Kier alpha value is -2.48. The van der Waals surface area contributed by atoms with Crippen molar-refractivity contribution in [3.63, 3.8) is 0 Å². The molecule has 2 heterocycles. The normalized spacial score (nSPS) is 16.8. The number of hydrogen-bond donors (Lipinski definition) is 2. The van der Waals surface area contributed by atoms with Gasteiger partial charge >= 0.3 is 6.03 Å². The second-order valence-electron chi connectivity index (χ2n) is 7.59. The number of thioether (sulfide) groups is 1. The van der Waals surface area contributed by atoms with Crippen LogP contribution >= 0.6 is 11.8 Å². The van der Waals surface area contributed by atoms with E-state index in [9.17, 15) is 18.0 Å². The van der Waals surface area contributed by atoms with Crippen LogP contribution in [0.25, 0.3) is 11.4 Å². The highest BCUT2D eigenvalue weighted by Crippen LogP contribution is 2.32. The van der Waals surface area contributed by atoms with Crippen LogP contribution in [0.3, 0.4) is 0 Å². The molecule has 3 amide bonds. The van der Waals surface area contributed by atoms with Gasteiger partial charge in [-0.15, -0.1) is 10.2 Å². The molecule has 2 atom stereocenters. The predicted molar refractivity (Wildman–Crippen MR) is 123 cm³/mol. The van der Waals surface area contributed by atoms with E-state index in [0.717, 1.165) is 18.2 Å². The second-order valence-corrected chi connectivity index (χ2v) is 10.8. The van der Waals surface area contributed by atoms with Gasteiger partial charge in [-0.2, -0.15) is 4.31 Å². The summed E-state index contributed by atoms with van der Waals surface area (Å²) in [6.07, 6.45) is 0.756. The molecule has 1 aromatic heterocycles. The van der Waals surface area contributed by atoms with Crippen LogP contribution in [0.15, 0.2) is 34.3 Å². The molecule has 0 aliphatic carbocycles. The number of benzene rings is 1. The summed E-state index contributed by atoms with van der Waals surface area (Å²) in [5.74, 6) is -0.0419. The SMILES string of the molecule is CC[C@H](C)n1c(S[C@@H](C)C(=O)NC(N)=O)nnc1-c1cccc(S(=O)(=O)N2CCOCC2)c1. The summed E-state index contributed by atoms with van der Waals surface area (Å²) in [4.78, 5) is 23.3. The Kier molecular flexibility index (Phi) is 8.10. The first-order chi connectivity index (χ1) is 15.6. The minimum absolute atomic E-state index is 0.0246. The first kappa shape index (κ1) is 25.1. The van der Waals surface area contributed by atoms with Crippen LogP contribution in [0.5, 0.6) is 0 Å². The van der Waals surface area contributed by atoms with Crippen molar-refractivity contribution in [1.82, 2.24) is 24.4 Å². The molecule has 33 heavy (non-hydrogen) atoms. The van der Waals surface area contributed by atoms with E-state index in [1.165, 1.54) is 4.31 Å². The number of imide groups is 1. The van der Waals surface area contributed by atoms with Crippen molar-refractivity contribution in [2.75, 3.05) is 26.3 Å². The van der Waals surface area contributed by atoms with Crippen LogP contribution in [-0.4, -0.2) is 71.0 Å². The fourth-order valence-corrected chi connectivity index (χ4v) is 5.70. The smallest absolute Gasteiger partial charge is 0.318 e. The Labute approximate surface area is 197 Å². The fourth-order valence-electron chi connectivity index (χ4n) is 3.30. The van der Waals surface area contributed by atoms with Gasteiger partial charge in [0.15, 0.2) is 11.0 Å². The number of sulfonamides is 1. The van der Waals surface area contributed by atoms with E-state index >= 15 is 0 Å². The summed E-state index contributed by atoms with van der Waals surface area (Å²) < 4.78 is 34.8. The van der Waals surface area contributed by atoms with Crippen LogP contribution in [0, 0.1) is 0 Å². The number of ether oxygens (including phenoxy) is 1. The number of amides is 3. The van der Waals surface area contributed by atoms with E-state index in [2.05, 4.69) is 15.5 Å². The van der Waals surface area contributed by atoms with Crippen LogP contribution in [0.4, 0.5) is 4.79 Å². The maximum Gasteiger partial charge on any atom is 0.318 e. The van der Waals surface area contributed by atoms with E-state index < -0.39 is 27.2 Å². The third-order valence-electron chi connectivity index (χ3n) is 5.29. The van der Waals surface area contributed by atoms with Crippen molar-refractivity contribution in [3.8, 4) is 11.4 Å². The highest BCUT2D eigenvalue weighted by Gasteiger charge is 2.28. The molecule has 0 saturated carbocycles. The van der Waals surface area contributed by atoms with E-state index in [1.54, 1.807) is 31.2 Å². The first-order valence-corrected chi connectivity index (χ1v) is 12.9. The zero-order valence-electron chi connectivity index (χ0n) is 18.7. The number of nitrogens with zero attached hydrogens (tertiary/aromatic N) is 4. The molecule has 0 bridgehead atoms. The Morgan fingerprint density at radius 3 is 2.58 bits per heavy atom. The van der Waals surface area contributed by atoms with Crippen molar-refractivity contribution in [2.45, 2.75) is 48.5 Å². The summed E-state index contributed by atoms with van der Waals surface area (Å²) in [5.41, 5.74) is 5.63. The number of urea groups is 1. The standard InChI is InChI=1S/C20H28N6O5S2/c1-4-13(2)26-17(23-24-20(26)32-14(3)18(27)22-19(21)28)15-6-5-7-16(12-15)33(29,30)25-8-10-31-11-9-25/h5-7,12-14H,4,8-11H2,1-3H3,(H3,21,22,27,28)/t13-,14-/m0/s1. The Morgan fingerprint density at radius 1 is 1.24 bits per heavy atom. The number of carbonyl (C=O) groups excluding carboxylic acids is 2. The molecular formula is C20H28N6O5S2. The second kappa shape index (κ2) is 10.6. The van der Waals surface area contributed by atoms with Gasteiger partial charge in [0.2, 0.25) is 15.9 Å². The van der Waals surface area contributed by atoms with E-state index in [4.69, 9.17) is 10.5 Å². The zero-order valence-corrected chi connectivity index (χ0v) is 20.4. The summed E-state index contributed by atoms with van der Waals surface area (Å²) in [6, 6.07) is 5.65. The van der Waals surface area contributed by atoms with Gasteiger partial charge < -0.3 is 10.5 Å². The molecule has 2 aromatic rings. The van der Waals surface area contributed by atoms with Gasteiger partial charge in [-0.1, -0.05) is 30.8 Å². The largest absolute Gasteiger partial charge is 0.379 e. The highest BCUT2D eigenvalue weighted by atomic mass is 32.2. The molecule has 0 radical (unpaired) electrons. The number of morpholine rings is 1. The lowest BCUT2D eigenvalue weighted by atomic mass is 10.2. The molecule has 0 unspecified atom stereocenters. The van der Waals surface area contributed by atoms with Crippen LogP contribution in [0.2, 0.25) is 0 Å². The van der Waals surface area contributed by atoms with Crippen molar-refractivity contribution >= 4 is 33.7 Å². The molecule has 3 N–H and O–H groups in total. The molecule has 3 rings (SSSR count). The van der Waals surface area contributed by atoms with Crippen LogP contribution in [-0.2, 0) is 19.6 Å². The Morgan fingerprint density at radius 2 is 1.94 bits per heavy atom. The molecule has 1 saturated heterocycles. The molecule has 1 aromatic carbocycles. The number of hydrogen-bond acceptors (Lipinski definition) is 8. The lowest BCUT2D eigenvalue weighted by molar-refractivity contribution is -0.119. The number of aromatic nitrogens is 3. The van der Waals surface area contributed by atoms with Gasteiger partial charge in [-0.25, -0.2) is 13.2 Å². The maximum absolute atomic E-state index is 13.1. The van der Waals surface area contributed by atoms with Crippen LogP contribution in [0.1, 0.15) is 33.2 Å².